The maximum absolute atomic E-state index is 5.22. The Balaban J connectivity index is 2.49. The highest BCUT2D eigenvalue weighted by atomic mass is 16.5. The molecule has 0 aliphatic rings. The summed E-state index contributed by atoms with van der Waals surface area (Å²) in [6.07, 6.45) is 0.928. The summed E-state index contributed by atoms with van der Waals surface area (Å²) >= 11 is 0. The number of aryl methyl sites for hydroxylation is 2. The molecule has 0 unspecified atom stereocenters. The summed E-state index contributed by atoms with van der Waals surface area (Å²) in [6, 6.07) is 2.02. The molecular formula is C15H22N4O. The van der Waals surface area contributed by atoms with Crippen molar-refractivity contribution in [3.05, 3.63) is 23.2 Å². The third kappa shape index (κ3) is 3.15. The number of anilines is 1. The first kappa shape index (κ1) is 14.5. The molecule has 0 fully saturated rings. The lowest BCUT2D eigenvalue weighted by molar-refractivity contribution is 0.393. The second-order valence-corrected chi connectivity index (χ2v) is 5.40. The SMILES string of the molecule is CCNc1cc(CC(C)C)nc(-c2c(C)noc2C)n1. The van der Waals surface area contributed by atoms with Crippen LogP contribution in [0.1, 0.15) is 37.9 Å². The average Bonchev–Trinajstić information content (AvgIpc) is 2.68. The molecule has 0 amide bonds. The van der Waals surface area contributed by atoms with Gasteiger partial charge in [0, 0.05) is 18.3 Å². The minimum atomic E-state index is 0.553. The highest BCUT2D eigenvalue weighted by Crippen LogP contribution is 2.25. The summed E-state index contributed by atoms with van der Waals surface area (Å²) in [4.78, 5) is 9.24. The van der Waals surface area contributed by atoms with E-state index in [1.807, 2.05) is 19.9 Å². The molecule has 2 aromatic heterocycles. The van der Waals surface area contributed by atoms with Crippen LogP contribution in [0.4, 0.5) is 5.82 Å². The molecule has 0 spiro atoms. The first-order valence-electron chi connectivity index (χ1n) is 7.06. The number of hydrogen-bond donors (Lipinski definition) is 1. The van der Waals surface area contributed by atoms with Crippen molar-refractivity contribution in [3.8, 4) is 11.4 Å². The van der Waals surface area contributed by atoms with Crippen molar-refractivity contribution in [2.24, 2.45) is 5.92 Å². The summed E-state index contributed by atoms with van der Waals surface area (Å²) in [5, 5.41) is 7.24. The molecule has 2 aromatic rings. The van der Waals surface area contributed by atoms with E-state index in [9.17, 15) is 0 Å². The van der Waals surface area contributed by atoms with Gasteiger partial charge in [0.25, 0.3) is 0 Å². The van der Waals surface area contributed by atoms with Crippen molar-refractivity contribution >= 4 is 5.82 Å². The van der Waals surface area contributed by atoms with Crippen LogP contribution in [0.25, 0.3) is 11.4 Å². The maximum atomic E-state index is 5.22. The van der Waals surface area contributed by atoms with Gasteiger partial charge in [0.15, 0.2) is 5.82 Å². The topological polar surface area (TPSA) is 63.8 Å². The van der Waals surface area contributed by atoms with Crippen molar-refractivity contribution in [3.63, 3.8) is 0 Å². The molecule has 0 atom stereocenters. The van der Waals surface area contributed by atoms with E-state index < -0.39 is 0 Å². The van der Waals surface area contributed by atoms with Crippen LogP contribution >= 0.6 is 0 Å². The Morgan fingerprint density at radius 3 is 2.55 bits per heavy atom. The van der Waals surface area contributed by atoms with Gasteiger partial charge in [-0.15, -0.1) is 0 Å². The van der Waals surface area contributed by atoms with Gasteiger partial charge in [0.05, 0.1) is 11.3 Å². The molecule has 108 valence electrons. The summed E-state index contributed by atoms with van der Waals surface area (Å²) in [6.45, 7) is 11.1. The van der Waals surface area contributed by atoms with E-state index in [4.69, 9.17) is 4.52 Å². The standard InChI is InChI=1S/C15H22N4O/c1-6-16-13-8-12(7-9(2)3)17-15(18-13)14-10(4)19-20-11(14)5/h8-9H,6-7H2,1-5H3,(H,16,17,18). The average molecular weight is 274 g/mol. The molecule has 1 N–H and O–H groups in total. The zero-order valence-corrected chi connectivity index (χ0v) is 12.8. The molecule has 0 aromatic carbocycles. The molecule has 0 aliphatic carbocycles. The number of hydrogen-bond acceptors (Lipinski definition) is 5. The molecule has 20 heavy (non-hydrogen) atoms. The van der Waals surface area contributed by atoms with Gasteiger partial charge in [-0.05, 0) is 33.1 Å². The second-order valence-electron chi connectivity index (χ2n) is 5.40. The highest BCUT2D eigenvalue weighted by molar-refractivity contribution is 5.62. The minimum Gasteiger partial charge on any atom is -0.370 e. The first-order valence-corrected chi connectivity index (χ1v) is 7.06. The van der Waals surface area contributed by atoms with E-state index in [0.29, 0.717) is 11.7 Å². The van der Waals surface area contributed by atoms with Gasteiger partial charge in [0.1, 0.15) is 11.6 Å². The summed E-state index contributed by atoms with van der Waals surface area (Å²) in [7, 11) is 0. The van der Waals surface area contributed by atoms with Crippen LogP contribution in [0.15, 0.2) is 10.6 Å². The van der Waals surface area contributed by atoms with Crippen molar-refractivity contribution in [2.45, 2.75) is 41.0 Å². The van der Waals surface area contributed by atoms with Gasteiger partial charge in [-0.3, -0.25) is 0 Å². The number of aromatic nitrogens is 3. The Morgan fingerprint density at radius 1 is 1.25 bits per heavy atom. The Bertz CT molecular complexity index is 570. The van der Waals surface area contributed by atoms with Crippen LogP contribution in [-0.2, 0) is 6.42 Å². The fraction of sp³-hybridized carbons (Fsp3) is 0.533. The third-order valence-electron chi connectivity index (χ3n) is 3.01. The Labute approximate surface area is 119 Å². The fourth-order valence-electron chi connectivity index (χ4n) is 2.21. The van der Waals surface area contributed by atoms with Crippen LogP contribution < -0.4 is 5.32 Å². The molecule has 0 saturated carbocycles. The molecular weight excluding hydrogens is 252 g/mol. The predicted octanol–water partition coefficient (Wildman–Crippen LogP) is 3.38. The summed E-state index contributed by atoms with van der Waals surface area (Å²) in [5.41, 5.74) is 2.77. The lowest BCUT2D eigenvalue weighted by atomic mass is 10.1. The summed E-state index contributed by atoms with van der Waals surface area (Å²) in [5.74, 6) is 2.85. The summed E-state index contributed by atoms with van der Waals surface area (Å²) < 4.78 is 5.22. The Hall–Kier alpha value is -1.91. The van der Waals surface area contributed by atoms with E-state index in [1.54, 1.807) is 0 Å². The van der Waals surface area contributed by atoms with Crippen molar-refractivity contribution in [1.82, 2.24) is 15.1 Å². The van der Waals surface area contributed by atoms with E-state index in [2.05, 4.69) is 41.2 Å². The molecule has 0 radical (unpaired) electrons. The molecule has 2 rings (SSSR count). The van der Waals surface area contributed by atoms with Gasteiger partial charge in [-0.25, -0.2) is 9.97 Å². The van der Waals surface area contributed by atoms with Crippen molar-refractivity contribution < 1.29 is 4.52 Å². The van der Waals surface area contributed by atoms with Crippen LogP contribution in [0.5, 0.6) is 0 Å². The van der Waals surface area contributed by atoms with E-state index in [1.165, 1.54) is 0 Å². The van der Waals surface area contributed by atoms with Crippen molar-refractivity contribution in [1.29, 1.82) is 0 Å². The fourth-order valence-corrected chi connectivity index (χ4v) is 2.21. The molecule has 0 saturated heterocycles. The van der Waals surface area contributed by atoms with Gasteiger partial charge in [0.2, 0.25) is 0 Å². The van der Waals surface area contributed by atoms with Crippen molar-refractivity contribution in [2.75, 3.05) is 11.9 Å². The van der Waals surface area contributed by atoms with Gasteiger partial charge < -0.3 is 9.84 Å². The lowest BCUT2D eigenvalue weighted by Gasteiger charge is -2.10. The third-order valence-corrected chi connectivity index (χ3v) is 3.01. The van der Waals surface area contributed by atoms with E-state index in [0.717, 1.165) is 41.5 Å². The molecule has 0 aliphatic heterocycles. The number of nitrogens with one attached hydrogen (secondary N) is 1. The largest absolute Gasteiger partial charge is 0.370 e. The molecule has 5 heteroatoms. The lowest BCUT2D eigenvalue weighted by Crippen LogP contribution is -2.06. The first-order chi connectivity index (χ1) is 9.51. The maximum Gasteiger partial charge on any atom is 0.167 e. The van der Waals surface area contributed by atoms with E-state index >= 15 is 0 Å². The van der Waals surface area contributed by atoms with Crippen LogP contribution in [-0.4, -0.2) is 21.7 Å². The van der Waals surface area contributed by atoms with Gasteiger partial charge in [-0.2, -0.15) is 0 Å². The van der Waals surface area contributed by atoms with E-state index in [-0.39, 0.29) is 0 Å². The smallest absolute Gasteiger partial charge is 0.167 e. The monoisotopic (exact) mass is 274 g/mol. The predicted molar refractivity (Wildman–Crippen MR) is 79.7 cm³/mol. The van der Waals surface area contributed by atoms with Gasteiger partial charge >= 0.3 is 0 Å². The quantitative estimate of drug-likeness (QED) is 0.905. The Morgan fingerprint density at radius 2 is 2.00 bits per heavy atom. The van der Waals surface area contributed by atoms with Crippen LogP contribution in [0.2, 0.25) is 0 Å². The zero-order chi connectivity index (χ0) is 14.7. The number of nitrogens with zero attached hydrogens (tertiary/aromatic N) is 3. The molecule has 5 nitrogen and oxygen atoms in total. The van der Waals surface area contributed by atoms with Gasteiger partial charge in [-0.1, -0.05) is 19.0 Å². The zero-order valence-electron chi connectivity index (χ0n) is 12.8. The Kier molecular flexibility index (Phi) is 4.37. The molecule has 2 heterocycles. The second kappa shape index (κ2) is 6.03. The molecule has 0 bridgehead atoms. The minimum absolute atomic E-state index is 0.553. The highest BCUT2D eigenvalue weighted by Gasteiger charge is 2.16. The van der Waals surface area contributed by atoms with Crippen LogP contribution in [0, 0.1) is 19.8 Å². The van der Waals surface area contributed by atoms with Crippen LogP contribution in [0.3, 0.4) is 0 Å². The normalized spacial score (nSPS) is 11.1. The number of rotatable bonds is 5.